The number of fused-ring (bicyclic) bond motifs is 1. The Morgan fingerprint density at radius 1 is 0.944 bits per heavy atom. The van der Waals surface area contributed by atoms with Crippen molar-refractivity contribution in [2.24, 2.45) is 29.6 Å². The number of hydrogen-bond acceptors (Lipinski definition) is 1. The standard InChI is InChI=1S/C17H31N/c1-12(2)13-10-14-15(11-13)16(14)17(3,4)18-8-6-5-7-9-18/h12-16H,5-11H2,1-4H3. The van der Waals surface area contributed by atoms with E-state index in [2.05, 4.69) is 32.6 Å². The van der Waals surface area contributed by atoms with Crippen molar-refractivity contribution in [1.29, 1.82) is 0 Å². The molecule has 3 aliphatic rings. The van der Waals surface area contributed by atoms with Crippen LogP contribution in [0, 0.1) is 29.6 Å². The molecule has 104 valence electrons. The number of nitrogens with zero attached hydrogens (tertiary/aromatic N) is 1. The van der Waals surface area contributed by atoms with Crippen LogP contribution in [-0.4, -0.2) is 23.5 Å². The summed E-state index contributed by atoms with van der Waals surface area (Å²) in [5, 5.41) is 0. The summed E-state index contributed by atoms with van der Waals surface area (Å²) >= 11 is 0. The summed E-state index contributed by atoms with van der Waals surface area (Å²) in [4.78, 5) is 2.81. The van der Waals surface area contributed by atoms with Crippen LogP contribution in [0.3, 0.4) is 0 Å². The SMILES string of the molecule is CC(C)C1CC2C(C1)C2C(C)(C)N1CCCCC1. The van der Waals surface area contributed by atoms with Crippen LogP contribution in [0.15, 0.2) is 0 Å². The Balaban J connectivity index is 1.61. The van der Waals surface area contributed by atoms with Gasteiger partial charge in [-0.15, -0.1) is 0 Å². The summed E-state index contributed by atoms with van der Waals surface area (Å²) < 4.78 is 0. The second kappa shape index (κ2) is 4.51. The first kappa shape index (κ1) is 13.0. The average Bonchev–Trinajstić information content (AvgIpc) is 2.88. The average molecular weight is 249 g/mol. The second-order valence-corrected chi connectivity index (χ2v) is 8.03. The first-order chi connectivity index (χ1) is 8.51. The van der Waals surface area contributed by atoms with E-state index in [1.807, 2.05) is 0 Å². The lowest BCUT2D eigenvalue weighted by Crippen LogP contribution is -2.49. The van der Waals surface area contributed by atoms with Crippen LogP contribution in [0.5, 0.6) is 0 Å². The third-order valence-electron chi connectivity index (χ3n) is 6.41. The van der Waals surface area contributed by atoms with Crippen LogP contribution in [0.4, 0.5) is 0 Å². The monoisotopic (exact) mass is 249 g/mol. The fourth-order valence-corrected chi connectivity index (χ4v) is 5.16. The fourth-order valence-electron chi connectivity index (χ4n) is 5.16. The summed E-state index contributed by atoms with van der Waals surface area (Å²) in [6, 6.07) is 0. The van der Waals surface area contributed by atoms with Crippen molar-refractivity contribution in [2.45, 2.75) is 65.3 Å². The van der Waals surface area contributed by atoms with Gasteiger partial charge in [0.25, 0.3) is 0 Å². The van der Waals surface area contributed by atoms with E-state index in [0.29, 0.717) is 5.54 Å². The van der Waals surface area contributed by atoms with Crippen LogP contribution in [-0.2, 0) is 0 Å². The van der Waals surface area contributed by atoms with E-state index < -0.39 is 0 Å². The van der Waals surface area contributed by atoms with Crippen molar-refractivity contribution >= 4 is 0 Å². The maximum atomic E-state index is 2.81. The fraction of sp³-hybridized carbons (Fsp3) is 1.00. The van der Waals surface area contributed by atoms with Gasteiger partial charge in [0.15, 0.2) is 0 Å². The minimum atomic E-state index is 0.484. The normalized spacial score (nSPS) is 41.2. The molecule has 2 saturated carbocycles. The molecule has 0 aromatic heterocycles. The number of rotatable bonds is 3. The molecule has 2 aliphatic carbocycles. The van der Waals surface area contributed by atoms with Crippen molar-refractivity contribution in [3.05, 3.63) is 0 Å². The van der Waals surface area contributed by atoms with Crippen molar-refractivity contribution in [3.63, 3.8) is 0 Å². The zero-order valence-electron chi connectivity index (χ0n) is 12.8. The van der Waals surface area contributed by atoms with Gasteiger partial charge in [-0.3, -0.25) is 4.90 Å². The van der Waals surface area contributed by atoms with E-state index >= 15 is 0 Å². The first-order valence-corrected chi connectivity index (χ1v) is 8.27. The van der Waals surface area contributed by atoms with Crippen LogP contribution in [0.25, 0.3) is 0 Å². The van der Waals surface area contributed by atoms with Gasteiger partial charge in [0, 0.05) is 5.54 Å². The van der Waals surface area contributed by atoms with Gasteiger partial charge in [-0.2, -0.15) is 0 Å². The number of hydrogen-bond donors (Lipinski definition) is 0. The van der Waals surface area contributed by atoms with Gasteiger partial charge in [0.05, 0.1) is 0 Å². The van der Waals surface area contributed by atoms with Gasteiger partial charge < -0.3 is 0 Å². The van der Waals surface area contributed by atoms with E-state index in [0.717, 1.165) is 29.6 Å². The molecule has 0 aromatic carbocycles. The molecular formula is C17H31N. The Kier molecular flexibility index (Phi) is 3.25. The lowest BCUT2D eigenvalue weighted by atomic mass is 9.83. The molecule has 2 atom stereocenters. The lowest BCUT2D eigenvalue weighted by Gasteiger charge is -2.43. The summed E-state index contributed by atoms with van der Waals surface area (Å²) in [7, 11) is 0. The van der Waals surface area contributed by atoms with Crippen molar-refractivity contribution in [2.75, 3.05) is 13.1 Å². The Bertz CT molecular complexity index is 289. The largest absolute Gasteiger partial charge is 0.298 e. The number of likely N-dealkylation sites (tertiary alicyclic amines) is 1. The third-order valence-corrected chi connectivity index (χ3v) is 6.41. The minimum absolute atomic E-state index is 0.484. The first-order valence-electron chi connectivity index (χ1n) is 8.27. The van der Waals surface area contributed by atoms with Gasteiger partial charge in [-0.05, 0) is 82.2 Å². The predicted octanol–water partition coefficient (Wildman–Crippen LogP) is 4.18. The summed E-state index contributed by atoms with van der Waals surface area (Å²) in [6.07, 6.45) is 7.38. The Morgan fingerprint density at radius 3 is 2.00 bits per heavy atom. The molecule has 0 N–H and O–H groups in total. The molecule has 1 saturated heterocycles. The molecule has 3 fully saturated rings. The lowest BCUT2D eigenvalue weighted by molar-refractivity contribution is 0.0621. The van der Waals surface area contributed by atoms with Crippen molar-refractivity contribution in [1.82, 2.24) is 4.90 Å². The molecule has 0 amide bonds. The van der Waals surface area contributed by atoms with Gasteiger partial charge >= 0.3 is 0 Å². The van der Waals surface area contributed by atoms with Crippen LogP contribution in [0.2, 0.25) is 0 Å². The van der Waals surface area contributed by atoms with Gasteiger partial charge in [0.1, 0.15) is 0 Å². The van der Waals surface area contributed by atoms with Crippen molar-refractivity contribution < 1.29 is 0 Å². The van der Waals surface area contributed by atoms with Crippen LogP contribution >= 0.6 is 0 Å². The van der Waals surface area contributed by atoms with E-state index in [-0.39, 0.29) is 0 Å². The molecule has 1 heteroatoms. The van der Waals surface area contributed by atoms with Gasteiger partial charge in [-0.25, -0.2) is 0 Å². The molecule has 1 nitrogen and oxygen atoms in total. The highest BCUT2D eigenvalue weighted by atomic mass is 15.2. The molecule has 0 aromatic rings. The van der Waals surface area contributed by atoms with E-state index in [4.69, 9.17) is 0 Å². The Morgan fingerprint density at radius 2 is 1.50 bits per heavy atom. The van der Waals surface area contributed by atoms with Gasteiger partial charge in [0.2, 0.25) is 0 Å². The summed E-state index contributed by atoms with van der Waals surface area (Å²) in [5.41, 5.74) is 0.484. The second-order valence-electron chi connectivity index (χ2n) is 8.03. The third kappa shape index (κ3) is 2.03. The van der Waals surface area contributed by atoms with E-state index in [1.54, 1.807) is 0 Å². The molecule has 0 spiro atoms. The molecule has 18 heavy (non-hydrogen) atoms. The maximum Gasteiger partial charge on any atom is 0.0186 e. The highest BCUT2D eigenvalue weighted by Crippen LogP contribution is 2.65. The van der Waals surface area contributed by atoms with E-state index in [9.17, 15) is 0 Å². The highest BCUT2D eigenvalue weighted by molar-refractivity contribution is 5.13. The Labute approximate surface area is 113 Å². The molecule has 1 aliphatic heterocycles. The van der Waals surface area contributed by atoms with Crippen molar-refractivity contribution in [3.8, 4) is 0 Å². The number of piperidine rings is 1. The smallest absolute Gasteiger partial charge is 0.0186 e. The zero-order valence-corrected chi connectivity index (χ0v) is 12.8. The van der Waals surface area contributed by atoms with Crippen LogP contribution < -0.4 is 0 Å². The zero-order chi connectivity index (χ0) is 12.9. The molecule has 2 unspecified atom stereocenters. The highest BCUT2D eigenvalue weighted by Gasteiger charge is 2.62. The molecular weight excluding hydrogens is 218 g/mol. The molecule has 1 heterocycles. The van der Waals surface area contributed by atoms with E-state index in [1.165, 1.54) is 45.2 Å². The summed E-state index contributed by atoms with van der Waals surface area (Å²) in [6.45, 7) is 12.6. The minimum Gasteiger partial charge on any atom is -0.298 e. The molecule has 0 bridgehead atoms. The quantitative estimate of drug-likeness (QED) is 0.725. The molecule has 3 rings (SSSR count). The Hall–Kier alpha value is -0.0400. The predicted molar refractivity (Wildman–Crippen MR) is 77.5 cm³/mol. The van der Waals surface area contributed by atoms with Gasteiger partial charge in [-0.1, -0.05) is 20.3 Å². The maximum absolute atomic E-state index is 2.81. The summed E-state index contributed by atoms with van der Waals surface area (Å²) in [5.74, 6) is 5.12. The molecule has 0 radical (unpaired) electrons. The topological polar surface area (TPSA) is 3.24 Å². The van der Waals surface area contributed by atoms with Crippen LogP contribution in [0.1, 0.15) is 59.8 Å².